The number of hydrogen-bond donors (Lipinski definition) is 0. The molecule has 0 spiro atoms. The Hall–Kier alpha value is 0.385. The molecule has 0 unspecified atom stereocenters. The Morgan fingerprint density at radius 3 is 1.79 bits per heavy atom. The minimum absolute atomic E-state index is 0.799. The summed E-state index contributed by atoms with van der Waals surface area (Å²) in [7, 11) is -0.918. The Balaban J connectivity index is 2.89. The van der Waals surface area contributed by atoms with E-state index >= 15 is 0 Å². The fourth-order valence-corrected chi connectivity index (χ4v) is 35.9. The number of rotatable bonds is 3. The van der Waals surface area contributed by atoms with Crippen LogP contribution in [-0.2, 0) is 14.8 Å². The van der Waals surface area contributed by atoms with Gasteiger partial charge in [-0.2, -0.15) is 0 Å². The van der Waals surface area contributed by atoms with Crippen LogP contribution in [0.15, 0.2) is 24.3 Å². The first kappa shape index (κ1) is 12.5. The average Bonchev–Trinajstić information content (AvgIpc) is 2.26. The molecular weight excluding hydrogens is 367 g/mol. The first-order valence-electron chi connectivity index (χ1n) is 4.88. The summed E-state index contributed by atoms with van der Waals surface area (Å²) in [6.45, 7) is 7.52. The van der Waals surface area contributed by atoms with Crippen LogP contribution in [0.1, 0.15) is 0 Å². The summed E-state index contributed by atoms with van der Waals surface area (Å²) >= 11 is -2.13. The van der Waals surface area contributed by atoms with Crippen molar-refractivity contribution < 1.29 is 14.8 Å². The summed E-state index contributed by atoms with van der Waals surface area (Å²) in [6, 6.07) is 0. The van der Waals surface area contributed by atoms with Crippen LogP contribution in [0.5, 0.6) is 0 Å². The number of allylic oxidation sites excluding steroid dienone is 4. The van der Waals surface area contributed by atoms with Crippen molar-refractivity contribution in [1.29, 1.82) is 0 Å². The summed E-state index contributed by atoms with van der Waals surface area (Å²) in [4.78, 5) is 0. The monoisotopic (exact) mass is 392 g/mol. The molecule has 0 amide bonds. The summed E-state index contributed by atoms with van der Waals surface area (Å²) < 4.78 is 2.35. The molecule has 0 aromatic carbocycles. The second kappa shape index (κ2) is 3.45. The van der Waals surface area contributed by atoms with Gasteiger partial charge in [-0.1, -0.05) is 0 Å². The molecule has 0 radical (unpaired) electrons. The van der Waals surface area contributed by atoms with Gasteiger partial charge < -0.3 is 0 Å². The van der Waals surface area contributed by atoms with Gasteiger partial charge in [0.05, 0.1) is 0 Å². The molecule has 1 aliphatic carbocycles. The van der Waals surface area contributed by atoms with Crippen molar-refractivity contribution in [2.75, 3.05) is 0 Å². The molecule has 0 fully saturated rings. The molecule has 0 nitrogen and oxygen atoms in total. The first-order valence-corrected chi connectivity index (χ1v) is 18.3. The van der Waals surface area contributed by atoms with Gasteiger partial charge in [-0.15, -0.1) is 0 Å². The van der Waals surface area contributed by atoms with Crippen LogP contribution in [0.4, 0.5) is 0 Å². The summed E-state index contributed by atoms with van der Waals surface area (Å²) in [5.74, 6) is 0. The minimum atomic E-state index is -2.13. The maximum absolute atomic E-state index is 2.61. The molecule has 0 atom stereocenters. The van der Waals surface area contributed by atoms with Crippen molar-refractivity contribution >= 4 is 8.07 Å². The fraction of sp³-hybridized carbons (Fsp3) is 0.667. The second-order valence-corrected chi connectivity index (χ2v) is 31.9. The molecule has 0 aromatic rings. The summed E-state index contributed by atoms with van der Waals surface area (Å²) in [5, 5.41) is 7.82. The van der Waals surface area contributed by atoms with Crippen molar-refractivity contribution in [3.63, 3.8) is 0 Å². The van der Waals surface area contributed by atoms with Crippen LogP contribution >= 0.6 is 0 Å². The van der Waals surface area contributed by atoms with Gasteiger partial charge in [0.1, 0.15) is 0 Å². The molecule has 2 heteroatoms. The van der Waals surface area contributed by atoms with Crippen molar-refractivity contribution in [3.05, 3.63) is 24.3 Å². The molecule has 0 bridgehead atoms. The Morgan fingerprint density at radius 2 is 1.43 bits per heavy atom. The first-order chi connectivity index (χ1) is 6.09. The van der Waals surface area contributed by atoms with Crippen LogP contribution < -0.4 is 0 Å². The average molecular weight is 392 g/mol. The zero-order valence-electron chi connectivity index (χ0n) is 10.4. The quantitative estimate of drug-likeness (QED) is 0.591. The molecule has 1 aliphatic rings. The van der Waals surface area contributed by atoms with Gasteiger partial charge in [-0.05, 0) is 0 Å². The van der Waals surface area contributed by atoms with Gasteiger partial charge in [0.2, 0.25) is 0 Å². The predicted molar refractivity (Wildman–Crippen MR) is 67.8 cm³/mol. The normalized spacial score (nSPS) is 21.1. The molecular formula is C12H25PtSi. The van der Waals surface area contributed by atoms with Gasteiger partial charge >= 0.3 is 91.5 Å². The van der Waals surface area contributed by atoms with Crippen LogP contribution in [-0.4, -0.2) is 8.07 Å². The van der Waals surface area contributed by atoms with E-state index in [4.69, 9.17) is 0 Å². The fourth-order valence-electron chi connectivity index (χ4n) is 2.12. The van der Waals surface area contributed by atoms with E-state index in [1.165, 1.54) is 0 Å². The summed E-state index contributed by atoms with van der Waals surface area (Å²) in [6.07, 6.45) is 9.31. The van der Waals surface area contributed by atoms with E-state index in [1.807, 2.05) is 0 Å². The van der Waals surface area contributed by atoms with E-state index in [0.717, 1.165) is 4.31 Å². The Labute approximate surface area is 91.3 Å². The third kappa shape index (κ3) is 3.20. The predicted octanol–water partition coefficient (Wildman–Crippen LogP) is 5.03. The maximum atomic E-state index is 2.61. The molecule has 0 saturated heterocycles. The molecule has 0 aromatic heterocycles. The molecule has 0 saturated carbocycles. The number of hydrogen-bond acceptors (Lipinski definition) is 0. The van der Waals surface area contributed by atoms with E-state index in [0.29, 0.717) is 0 Å². The SMILES string of the molecule is C[Si](C)(C)[CH2][Pt]([CH3])([CH3])([CH3])[CH]1C=CC=C1. The molecule has 1 rings (SSSR count). The van der Waals surface area contributed by atoms with E-state index in [1.54, 1.807) is 4.43 Å². The van der Waals surface area contributed by atoms with E-state index in [2.05, 4.69) is 59.9 Å². The van der Waals surface area contributed by atoms with E-state index in [-0.39, 0.29) is 0 Å². The van der Waals surface area contributed by atoms with Gasteiger partial charge in [0, 0.05) is 0 Å². The van der Waals surface area contributed by atoms with Crippen LogP contribution in [0, 0.1) is 0 Å². The summed E-state index contributed by atoms with van der Waals surface area (Å²) in [5.41, 5.74) is 0. The van der Waals surface area contributed by atoms with Crippen molar-refractivity contribution in [2.24, 2.45) is 0 Å². The molecule has 0 heterocycles. The van der Waals surface area contributed by atoms with Crippen LogP contribution in [0.3, 0.4) is 0 Å². The van der Waals surface area contributed by atoms with E-state index < -0.39 is 22.9 Å². The molecule has 0 N–H and O–H groups in total. The van der Waals surface area contributed by atoms with Crippen molar-refractivity contribution in [3.8, 4) is 0 Å². The van der Waals surface area contributed by atoms with Crippen LogP contribution in [0.2, 0.25) is 44.3 Å². The third-order valence-corrected chi connectivity index (χ3v) is 26.0. The second-order valence-electron chi connectivity index (χ2n) is 6.14. The zero-order valence-corrected chi connectivity index (χ0v) is 13.7. The molecule has 0 aliphatic heterocycles. The van der Waals surface area contributed by atoms with Gasteiger partial charge in [-0.25, -0.2) is 0 Å². The Morgan fingerprint density at radius 1 is 1.00 bits per heavy atom. The standard InChI is InChI=1S/C5H5.C4H11Si.3CH3.Pt/c1-2-4-5-3-1;1-5(2,3)4;;;;/h1-5H;1H2,2-4H3;3*1H3;. The van der Waals surface area contributed by atoms with Gasteiger partial charge in [-0.3, -0.25) is 0 Å². The Bertz CT molecular complexity index is 261. The zero-order chi connectivity index (χ0) is 11.1. The van der Waals surface area contributed by atoms with Crippen LogP contribution in [0.25, 0.3) is 0 Å². The van der Waals surface area contributed by atoms with Gasteiger partial charge in [0.25, 0.3) is 0 Å². The Kier molecular flexibility index (Phi) is 3.07. The van der Waals surface area contributed by atoms with E-state index in [9.17, 15) is 0 Å². The third-order valence-electron chi connectivity index (χ3n) is 2.19. The van der Waals surface area contributed by atoms with Crippen molar-refractivity contribution in [2.45, 2.75) is 44.3 Å². The molecule has 14 heavy (non-hydrogen) atoms. The topological polar surface area (TPSA) is 0 Å². The van der Waals surface area contributed by atoms with Crippen molar-refractivity contribution in [1.82, 2.24) is 0 Å². The molecule has 87 valence electrons. The van der Waals surface area contributed by atoms with Gasteiger partial charge in [0.15, 0.2) is 0 Å².